The van der Waals surface area contributed by atoms with Crippen LogP contribution in [0.4, 0.5) is 5.69 Å². The van der Waals surface area contributed by atoms with E-state index in [1.165, 1.54) is 0 Å². The van der Waals surface area contributed by atoms with Crippen molar-refractivity contribution in [3.05, 3.63) is 51.7 Å². The number of nitrogens with one attached hydrogen (secondary N) is 1. The van der Waals surface area contributed by atoms with Gasteiger partial charge in [0.15, 0.2) is 0 Å². The molecule has 0 amide bonds. The average molecular weight is 356 g/mol. The van der Waals surface area contributed by atoms with E-state index in [1.54, 1.807) is 13.8 Å². The first-order valence-electron chi connectivity index (χ1n) is 5.98. The number of hydrogen-bond donors (Lipinski definition) is 2. The molecule has 1 aromatic rings. The molecule has 0 spiro atoms. The largest absolute Gasteiger partial charge is 0.506 e. The van der Waals surface area contributed by atoms with E-state index in [1.807, 2.05) is 30.3 Å². The molecule has 20 heavy (non-hydrogen) atoms. The maximum atomic E-state index is 11.5. The molecule has 0 saturated heterocycles. The van der Waals surface area contributed by atoms with Crippen LogP contribution in [0.5, 0.6) is 0 Å². The van der Waals surface area contributed by atoms with Gasteiger partial charge in [0.05, 0.1) is 10.5 Å². The summed E-state index contributed by atoms with van der Waals surface area (Å²) in [5, 5.41) is 13.2. The summed E-state index contributed by atoms with van der Waals surface area (Å²) < 4.78 is 23.2. The smallest absolute Gasteiger partial charge is 0.221 e. The fraction of sp³-hybridized carbons (Fsp3) is 0.214. The molecule has 1 aliphatic rings. The predicted molar refractivity (Wildman–Crippen MR) is 84.7 cm³/mol. The summed E-state index contributed by atoms with van der Waals surface area (Å²) in [7, 11) is -2.44. The number of aliphatic hydroxyl groups excluding tert-OH is 1. The SMILES string of the molecule is CC1=C(C)C(Nc2ccccc2)C(=S(=O)=O)C(Br)=C1O. The van der Waals surface area contributed by atoms with E-state index in [-0.39, 0.29) is 15.1 Å². The Bertz CT molecular complexity index is 725. The Morgan fingerprint density at radius 1 is 1.20 bits per heavy atom. The Balaban J connectivity index is 2.54. The normalized spacial score (nSPS) is 19.4. The molecule has 4 nitrogen and oxygen atoms in total. The summed E-state index contributed by atoms with van der Waals surface area (Å²) in [4.78, 5) is 0.106. The van der Waals surface area contributed by atoms with Crippen molar-refractivity contribution in [1.29, 1.82) is 0 Å². The highest BCUT2D eigenvalue weighted by Crippen LogP contribution is 2.31. The van der Waals surface area contributed by atoms with Crippen molar-refractivity contribution in [2.24, 2.45) is 0 Å². The molecule has 0 heterocycles. The summed E-state index contributed by atoms with van der Waals surface area (Å²) in [6, 6.07) is 8.85. The van der Waals surface area contributed by atoms with Crippen molar-refractivity contribution in [3.63, 3.8) is 0 Å². The van der Waals surface area contributed by atoms with Gasteiger partial charge in [-0.3, -0.25) is 0 Å². The minimum Gasteiger partial charge on any atom is -0.506 e. The van der Waals surface area contributed by atoms with Gasteiger partial charge < -0.3 is 10.4 Å². The van der Waals surface area contributed by atoms with Gasteiger partial charge in [0.25, 0.3) is 0 Å². The first kappa shape index (κ1) is 14.9. The summed E-state index contributed by atoms with van der Waals surface area (Å²) in [5.41, 5.74) is 2.25. The van der Waals surface area contributed by atoms with Crippen molar-refractivity contribution < 1.29 is 13.5 Å². The third-order valence-electron chi connectivity index (χ3n) is 3.33. The van der Waals surface area contributed by atoms with Gasteiger partial charge in [-0.05, 0) is 53.1 Å². The Morgan fingerprint density at radius 2 is 1.80 bits per heavy atom. The molecule has 106 valence electrons. The third-order valence-corrected chi connectivity index (χ3v) is 5.19. The van der Waals surface area contributed by atoms with Crippen LogP contribution in [0.15, 0.2) is 51.7 Å². The summed E-state index contributed by atoms with van der Waals surface area (Å²) in [6.07, 6.45) is 0. The van der Waals surface area contributed by atoms with Crippen LogP contribution in [0.2, 0.25) is 0 Å². The van der Waals surface area contributed by atoms with Crippen molar-refractivity contribution in [2.45, 2.75) is 19.9 Å². The lowest BCUT2D eigenvalue weighted by Crippen LogP contribution is -2.35. The van der Waals surface area contributed by atoms with Crippen LogP contribution >= 0.6 is 15.9 Å². The van der Waals surface area contributed by atoms with Crippen LogP contribution in [-0.4, -0.2) is 24.4 Å². The molecule has 0 fully saturated rings. The average Bonchev–Trinajstić information content (AvgIpc) is 2.43. The highest BCUT2D eigenvalue weighted by molar-refractivity contribution is 9.12. The number of halogens is 1. The fourth-order valence-corrected chi connectivity index (χ4v) is 3.65. The lowest BCUT2D eigenvalue weighted by molar-refractivity contribution is 0.420. The molecule has 2 rings (SSSR count). The highest BCUT2D eigenvalue weighted by atomic mass is 79.9. The zero-order valence-corrected chi connectivity index (χ0v) is 13.4. The van der Waals surface area contributed by atoms with Crippen LogP contribution in [0.3, 0.4) is 0 Å². The summed E-state index contributed by atoms with van der Waals surface area (Å²) in [5.74, 6) is -0.0344. The molecule has 0 bridgehead atoms. The number of aliphatic hydroxyl groups is 1. The zero-order valence-electron chi connectivity index (χ0n) is 11.0. The van der Waals surface area contributed by atoms with E-state index in [0.717, 1.165) is 11.3 Å². The molecule has 1 aliphatic carbocycles. The maximum Gasteiger partial charge on any atom is 0.221 e. The molecule has 0 aliphatic heterocycles. The molecule has 1 atom stereocenters. The van der Waals surface area contributed by atoms with Gasteiger partial charge in [0, 0.05) is 5.69 Å². The second-order valence-corrected chi connectivity index (χ2v) is 6.22. The predicted octanol–water partition coefficient (Wildman–Crippen LogP) is 3.03. The van der Waals surface area contributed by atoms with E-state index in [9.17, 15) is 13.5 Å². The van der Waals surface area contributed by atoms with Gasteiger partial charge in [-0.15, -0.1) is 0 Å². The topological polar surface area (TPSA) is 66.4 Å². The Labute approximate surface area is 127 Å². The minimum absolute atomic E-state index is 0.0344. The quantitative estimate of drug-likeness (QED) is 0.800. The molecule has 1 unspecified atom stereocenters. The lowest BCUT2D eigenvalue weighted by Gasteiger charge is -2.27. The third kappa shape index (κ3) is 2.66. The Hall–Kier alpha value is -1.53. The number of para-hydroxylation sites is 1. The minimum atomic E-state index is -2.44. The monoisotopic (exact) mass is 355 g/mol. The lowest BCUT2D eigenvalue weighted by atomic mass is 9.93. The molecule has 1 aromatic carbocycles. The second kappa shape index (κ2) is 5.85. The second-order valence-electron chi connectivity index (χ2n) is 4.51. The molecular formula is C14H14BrNO3S. The van der Waals surface area contributed by atoms with Crippen LogP contribution in [0, 0.1) is 0 Å². The summed E-state index contributed by atoms with van der Waals surface area (Å²) in [6.45, 7) is 3.56. The number of benzene rings is 1. The highest BCUT2D eigenvalue weighted by Gasteiger charge is 2.31. The molecular weight excluding hydrogens is 342 g/mol. The van der Waals surface area contributed by atoms with Crippen molar-refractivity contribution in [1.82, 2.24) is 0 Å². The van der Waals surface area contributed by atoms with Gasteiger partial charge in [-0.1, -0.05) is 18.2 Å². The van der Waals surface area contributed by atoms with Crippen LogP contribution < -0.4 is 5.32 Å². The number of hydrogen-bond acceptors (Lipinski definition) is 4. The van der Waals surface area contributed by atoms with E-state index in [4.69, 9.17) is 0 Å². The number of rotatable bonds is 2. The van der Waals surface area contributed by atoms with Gasteiger partial charge in [0.2, 0.25) is 10.3 Å². The van der Waals surface area contributed by atoms with Gasteiger partial charge in [-0.2, -0.15) is 8.42 Å². The maximum absolute atomic E-state index is 11.5. The van der Waals surface area contributed by atoms with Crippen molar-refractivity contribution >= 4 is 36.8 Å². The summed E-state index contributed by atoms with van der Waals surface area (Å²) >= 11 is 3.17. The first-order valence-corrected chi connectivity index (χ1v) is 7.84. The number of allylic oxidation sites excluding steroid dienone is 1. The standard InChI is InChI=1S/C14H14BrNO3S/c1-8-9(2)13(17)11(15)14(20(18)19)12(8)16-10-6-4-3-5-7-10/h3-7,12,16-17H,1-2H3. The van der Waals surface area contributed by atoms with E-state index < -0.39 is 16.3 Å². The molecule has 0 saturated carbocycles. The van der Waals surface area contributed by atoms with Gasteiger partial charge in [-0.25, -0.2) is 0 Å². The molecule has 0 aromatic heterocycles. The Kier molecular flexibility index (Phi) is 4.35. The fourth-order valence-electron chi connectivity index (χ4n) is 2.05. The van der Waals surface area contributed by atoms with E-state index in [0.29, 0.717) is 5.57 Å². The van der Waals surface area contributed by atoms with Crippen molar-refractivity contribution in [3.8, 4) is 0 Å². The first-order chi connectivity index (χ1) is 9.43. The Morgan fingerprint density at radius 3 is 2.35 bits per heavy atom. The van der Waals surface area contributed by atoms with Crippen LogP contribution in [-0.2, 0) is 10.3 Å². The molecule has 0 radical (unpaired) electrons. The van der Waals surface area contributed by atoms with E-state index in [2.05, 4.69) is 21.2 Å². The van der Waals surface area contributed by atoms with Crippen LogP contribution in [0.25, 0.3) is 0 Å². The van der Waals surface area contributed by atoms with Crippen molar-refractivity contribution in [2.75, 3.05) is 5.32 Å². The zero-order chi connectivity index (χ0) is 14.9. The molecule has 6 heteroatoms. The van der Waals surface area contributed by atoms with Gasteiger partial charge >= 0.3 is 0 Å². The van der Waals surface area contributed by atoms with Crippen LogP contribution in [0.1, 0.15) is 13.8 Å². The number of anilines is 1. The van der Waals surface area contributed by atoms with E-state index >= 15 is 0 Å². The van der Waals surface area contributed by atoms with Gasteiger partial charge in [0.1, 0.15) is 10.6 Å². The molecule has 2 N–H and O–H groups in total.